The highest BCUT2D eigenvalue weighted by molar-refractivity contribution is 6.30. The molecule has 1 amide bonds. The van der Waals surface area contributed by atoms with E-state index in [2.05, 4.69) is 10.3 Å². The Morgan fingerprint density at radius 1 is 0.967 bits per heavy atom. The van der Waals surface area contributed by atoms with Gasteiger partial charge < -0.3 is 10.4 Å². The van der Waals surface area contributed by atoms with Crippen LogP contribution in [0.2, 0.25) is 5.02 Å². The molecule has 4 nitrogen and oxygen atoms in total. The van der Waals surface area contributed by atoms with Crippen molar-refractivity contribution in [1.82, 2.24) is 10.3 Å². The molecule has 0 aliphatic carbocycles. The average Bonchev–Trinajstić information content (AvgIpc) is 2.79. The Labute approximate surface area is 179 Å². The van der Waals surface area contributed by atoms with E-state index in [1.54, 1.807) is 30.5 Å². The standard InChI is InChI=1S/C25H19ClN2O2/c26-20-12-8-17(9-13-20)10-15-22(28-25(30)19-5-2-1-3-6-19)21-14-11-18-7-4-16-27-23(18)24(21)29/h1-16,22,29H,(H,28,30)/b15-10+. The number of rotatable bonds is 5. The maximum atomic E-state index is 12.8. The average molecular weight is 415 g/mol. The lowest BCUT2D eigenvalue weighted by molar-refractivity contribution is 0.0944. The molecule has 1 unspecified atom stereocenters. The number of aromatic nitrogens is 1. The molecule has 0 aliphatic heterocycles. The number of fused-ring (bicyclic) bond motifs is 1. The second-order valence-corrected chi connectivity index (χ2v) is 7.24. The smallest absolute Gasteiger partial charge is 0.252 e. The molecular formula is C25H19ClN2O2. The largest absolute Gasteiger partial charge is 0.505 e. The molecule has 5 heteroatoms. The van der Waals surface area contributed by atoms with E-state index in [0.717, 1.165) is 10.9 Å². The molecule has 0 radical (unpaired) electrons. The predicted molar refractivity (Wildman–Crippen MR) is 121 cm³/mol. The van der Waals surface area contributed by atoms with Crippen molar-refractivity contribution in [3.05, 3.63) is 113 Å². The van der Waals surface area contributed by atoms with Gasteiger partial charge in [0.15, 0.2) is 0 Å². The minimum absolute atomic E-state index is 0.0483. The van der Waals surface area contributed by atoms with Gasteiger partial charge in [-0.3, -0.25) is 9.78 Å². The van der Waals surface area contributed by atoms with Gasteiger partial charge in [0, 0.05) is 27.7 Å². The van der Waals surface area contributed by atoms with Crippen molar-refractivity contribution in [2.45, 2.75) is 6.04 Å². The highest BCUT2D eigenvalue weighted by Crippen LogP contribution is 2.32. The lowest BCUT2D eigenvalue weighted by Crippen LogP contribution is -2.27. The van der Waals surface area contributed by atoms with Crippen molar-refractivity contribution in [2.75, 3.05) is 0 Å². The van der Waals surface area contributed by atoms with Gasteiger partial charge in [-0.15, -0.1) is 0 Å². The van der Waals surface area contributed by atoms with Crippen molar-refractivity contribution in [3.8, 4) is 5.75 Å². The second-order valence-electron chi connectivity index (χ2n) is 6.81. The summed E-state index contributed by atoms with van der Waals surface area (Å²) < 4.78 is 0. The van der Waals surface area contributed by atoms with Crippen LogP contribution in [0.5, 0.6) is 5.75 Å². The van der Waals surface area contributed by atoms with E-state index < -0.39 is 6.04 Å². The number of benzene rings is 3. The fourth-order valence-electron chi connectivity index (χ4n) is 3.22. The fourth-order valence-corrected chi connectivity index (χ4v) is 3.35. The van der Waals surface area contributed by atoms with Gasteiger partial charge in [0.2, 0.25) is 0 Å². The van der Waals surface area contributed by atoms with Crippen molar-refractivity contribution >= 4 is 34.5 Å². The molecule has 0 saturated heterocycles. The topological polar surface area (TPSA) is 62.2 Å². The van der Waals surface area contributed by atoms with Gasteiger partial charge >= 0.3 is 0 Å². The summed E-state index contributed by atoms with van der Waals surface area (Å²) in [5.41, 5.74) is 2.53. The zero-order valence-corrected chi connectivity index (χ0v) is 16.8. The lowest BCUT2D eigenvalue weighted by Gasteiger charge is -2.18. The van der Waals surface area contributed by atoms with E-state index in [1.807, 2.05) is 66.7 Å². The zero-order chi connectivity index (χ0) is 20.9. The number of phenolic OH excluding ortho intramolecular Hbond substituents is 1. The molecule has 0 saturated carbocycles. The van der Waals surface area contributed by atoms with Crippen LogP contribution in [0.3, 0.4) is 0 Å². The van der Waals surface area contributed by atoms with Crippen LogP contribution in [0.4, 0.5) is 0 Å². The number of nitrogens with one attached hydrogen (secondary N) is 1. The minimum Gasteiger partial charge on any atom is -0.505 e. The van der Waals surface area contributed by atoms with Gasteiger partial charge in [-0.05, 0) is 35.9 Å². The number of pyridine rings is 1. The summed E-state index contributed by atoms with van der Waals surface area (Å²) in [7, 11) is 0. The number of hydrogen-bond acceptors (Lipinski definition) is 3. The van der Waals surface area contributed by atoms with Gasteiger partial charge in [-0.2, -0.15) is 0 Å². The molecule has 1 aromatic heterocycles. The second kappa shape index (κ2) is 8.80. The molecule has 3 aromatic carbocycles. The van der Waals surface area contributed by atoms with Gasteiger partial charge in [-0.25, -0.2) is 0 Å². The Hall–Kier alpha value is -3.63. The third-order valence-corrected chi connectivity index (χ3v) is 5.04. The van der Waals surface area contributed by atoms with Crippen LogP contribution >= 0.6 is 11.6 Å². The molecule has 4 aromatic rings. The lowest BCUT2D eigenvalue weighted by atomic mass is 10.0. The van der Waals surface area contributed by atoms with E-state index >= 15 is 0 Å². The predicted octanol–water partition coefficient (Wildman–Crippen LogP) is 5.78. The number of carbonyl (C=O) groups excluding carboxylic acids is 1. The molecule has 2 N–H and O–H groups in total. The van der Waals surface area contributed by atoms with E-state index in [1.165, 1.54) is 0 Å². The summed E-state index contributed by atoms with van der Waals surface area (Å²) in [6.45, 7) is 0. The van der Waals surface area contributed by atoms with Crippen LogP contribution < -0.4 is 5.32 Å². The summed E-state index contributed by atoms with van der Waals surface area (Å²) in [5, 5.41) is 15.3. The Morgan fingerprint density at radius 2 is 1.73 bits per heavy atom. The normalized spacial score (nSPS) is 12.2. The molecule has 1 heterocycles. The third-order valence-electron chi connectivity index (χ3n) is 4.79. The first kappa shape index (κ1) is 19.7. The number of halogens is 1. The zero-order valence-electron chi connectivity index (χ0n) is 16.0. The maximum absolute atomic E-state index is 12.8. The molecular weight excluding hydrogens is 396 g/mol. The van der Waals surface area contributed by atoms with Gasteiger partial charge in [0.05, 0.1) is 6.04 Å². The quantitative estimate of drug-likeness (QED) is 0.435. The maximum Gasteiger partial charge on any atom is 0.252 e. The highest BCUT2D eigenvalue weighted by Gasteiger charge is 2.18. The van der Waals surface area contributed by atoms with Gasteiger partial charge in [0.1, 0.15) is 11.3 Å². The number of phenols is 1. The number of nitrogens with zero attached hydrogens (tertiary/aromatic N) is 1. The summed E-state index contributed by atoms with van der Waals surface area (Å²) in [5.74, 6) is -0.186. The Bertz CT molecular complexity index is 1200. The highest BCUT2D eigenvalue weighted by atomic mass is 35.5. The Morgan fingerprint density at radius 3 is 2.50 bits per heavy atom. The Balaban J connectivity index is 1.72. The molecule has 0 fully saturated rings. The van der Waals surface area contributed by atoms with E-state index in [9.17, 15) is 9.90 Å². The number of aromatic hydroxyl groups is 1. The first-order valence-corrected chi connectivity index (χ1v) is 9.86. The van der Waals surface area contributed by atoms with E-state index in [-0.39, 0.29) is 11.7 Å². The molecule has 4 rings (SSSR count). The van der Waals surface area contributed by atoms with Crippen molar-refractivity contribution in [3.63, 3.8) is 0 Å². The molecule has 0 aliphatic rings. The van der Waals surface area contributed by atoms with Crippen molar-refractivity contribution < 1.29 is 9.90 Å². The van der Waals surface area contributed by atoms with Crippen LogP contribution in [-0.2, 0) is 0 Å². The third kappa shape index (κ3) is 4.34. The van der Waals surface area contributed by atoms with Crippen LogP contribution in [0.15, 0.2) is 91.1 Å². The number of amides is 1. The minimum atomic E-state index is -0.556. The molecule has 30 heavy (non-hydrogen) atoms. The van der Waals surface area contributed by atoms with Crippen LogP contribution in [0, 0.1) is 0 Å². The summed E-state index contributed by atoms with van der Waals surface area (Å²) in [6.07, 6.45) is 5.36. The molecule has 0 bridgehead atoms. The molecule has 148 valence electrons. The Kier molecular flexibility index (Phi) is 5.77. The number of hydrogen-bond donors (Lipinski definition) is 2. The van der Waals surface area contributed by atoms with Crippen LogP contribution in [0.1, 0.15) is 27.5 Å². The van der Waals surface area contributed by atoms with E-state index in [0.29, 0.717) is 21.7 Å². The first-order valence-electron chi connectivity index (χ1n) is 9.48. The number of carbonyl (C=O) groups is 1. The van der Waals surface area contributed by atoms with Crippen LogP contribution in [0.25, 0.3) is 17.0 Å². The summed E-state index contributed by atoms with van der Waals surface area (Å²) in [6, 6.07) is 23.2. The molecule has 1 atom stereocenters. The van der Waals surface area contributed by atoms with E-state index in [4.69, 9.17) is 11.6 Å². The first-order chi connectivity index (χ1) is 14.6. The van der Waals surface area contributed by atoms with Gasteiger partial charge in [-0.1, -0.05) is 72.3 Å². The monoisotopic (exact) mass is 414 g/mol. The summed E-state index contributed by atoms with van der Waals surface area (Å²) in [4.78, 5) is 17.1. The van der Waals surface area contributed by atoms with Crippen molar-refractivity contribution in [1.29, 1.82) is 0 Å². The molecule has 0 spiro atoms. The fraction of sp³-hybridized carbons (Fsp3) is 0.0400. The SMILES string of the molecule is O=C(NC(/C=C/c1ccc(Cl)cc1)c1ccc2cccnc2c1O)c1ccccc1. The van der Waals surface area contributed by atoms with Crippen LogP contribution in [-0.4, -0.2) is 16.0 Å². The summed E-state index contributed by atoms with van der Waals surface area (Å²) >= 11 is 5.96. The van der Waals surface area contributed by atoms with Gasteiger partial charge in [0.25, 0.3) is 5.91 Å². The van der Waals surface area contributed by atoms with Crippen molar-refractivity contribution in [2.24, 2.45) is 0 Å².